The van der Waals surface area contributed by atoms with Crippen molar-refractivity contribution in [1.29, 1.82) is 0 Å². The maximum atomic E-state index is 12.5. The highest BCUT2D eigenvalue weighted by molar-refractivity contribution is 7.13. The highest BCUT2D eigenvalue weighted by Gasteiger charge is 2.23. The molecule has 4 heterocycles. The molecule has 158 valence electrons. The minimum Gasteiger partial charge on any atom is -0.340 e. The Hall–Kier alpha value is -2.36. The molecular weight excluding hydrogens is 420 g/mol. The van der Waals surface area contributed by atoms with Crippen molar-refractivity contribution in [3.63, 3.8) is 0 Å². The average molecular weight is 445 g/mol. The lowest BCUT2D eigenvalue weighted by Crippen LogP contribution is -2.48. The first-order valence-corrected chi connectivity index (χ1v) is 11.7. The summed E-state index contributed by atoms with van der Waals surface area (Å²) in [5.74, 6) is 1.31. The lowest BCUT2D eigenvalue weighted by molar-refractivity contribution is -0.133. The zero-order chi connectivity index (χ0) is 21.1. The number of hydrogen-bond acceptors (Lipinski definition) is 8. The number of carbonyl (C=O) groups excluding carboxylic acids is 2. The molecule has 0 N–H and O–H groups in total. The third kappa shape index (κ3) is 4.85. The number of thiophene rings is 2. The minimum absolute atomic E-state index is 0.0466. The summed E-state index contributed by atoms with van der Waals surface area (Å²) < 4.78 is 5.37. The third-order valence-electron chi connectivity index (χ3n) is 5.20. The van der Waals surface area contributed by atoms with Crippen LogP contribution in [0.25, 0.3) is 10.7 Å². The van der Waals surface area contributed by atoms with Crippen LogP contribution in [0.5, 0.6) is 0 Å². The Labute approximate surface area is 183 Å². The van der Waals surface area contributed by atoms with Gasteiger partial charge in [-0.1, -0.05) is 11.2 Å². The fraction of sp³-hybridized carbons (Fsp3) is 0.429. The molecule has 0 radical (unpaired) electrons. The van der Waals surface area contributed by atoms with Crippen LogP contribution in [-0.4, -0.2) is 57.8 Å². The predicted octanol–water partition coefficient (Wildman–Crippen LogP) is 3.78. The molecule has 0 aromatic carbocycles. The summed E-state index contributed by atoms with van der Waals surface area (Å²) >= 11 is 3.20. The molecule has 0 aliphatic carbocycles. The summed E-state index contributed by atoms with van der Waals surface area (Å²) in [6.45, 7) is 7.33. The zero-order valence-corrected chi connectivity index (χ0v) is 18.7. The van der Waals surface area contributed by atoms with Crippen molar-refractivity contribution in [2.75, 3.05) is 26.2 Å². The number of ketones is 1. The van der Waals surface area contributed by atoms with Crippen LogP contribution >= 0.6 is 22.7 Å². The van der Waals surface area contributed by atoms with Crippen molar-refractivity contribution in [2.24, 2.45) is 0 Å². The van der Waals surface area contributed by atoms with Crippen LogP contribution < -0.4 is 0 Å². The summed E-state index contributed by atoms with van der Waals surface area (Å²) in [7, 11) is 0. The molecule has 1 amide bonds. The standard InChI is InChI=1S/C21H24N4O3S2/c1-14-12-16(15(2)30-14)17(26)5-6-20(27)25-9-7-24(8-10-25)13-19-22-21(23-28-19)18-4-3-11-29-18/h3-4,11-12H,5-10,13H2,1-2H3. The van der Waals surface area contributed by atoms with E-state index in [0.29, 0.717) is 31.3 Å². The molecule has 3 aromatic rings. The van der Waals surface area contributed by atoms with Gasteiger partial charge in [0.05, 0.1) is 11.4 Å². The molecule has 1 fully saturated rings. The van der Waals surface area contributed by atoms with E-state index in [9.17, 15) is 9.59 Å². The number of Topliss-reactive ketones (excluding diaryl/α,β-unsaturated/α-hetero) is 1. The zero-order valence-electron chi connectivity index (χ0n) is 17.1. The SMILES string of the molecule is Cc1cc(C(=O)CCC(=O)N2CCN(Cc3nc(-c4cccs4)no3)CC2)c(C)s1. The van der Waals surface area contributed by atoms with Crippen molar-refractivity contribution in [1.82, 2.24) is 19.9 Å². The number of carbonyl (C=O) groups is 2. The highest BCUT2D eigenvalue weighted by atomic mass is 32.1. The van der Waals surface area contributed by atoms with Gasteiger partial charge in [-0.15, -0.1) is 22.7 Å². The first kappa shape index (κ1) is 20.9. The van der Waals surface area contributed by atoms with Gasteiger partial charge in [0, 0.05) is 54.3 Å². The maximum absolute atomic E-state index is 12.5. The Morgan fingerprint density at radius 3 is 2.63 bits per heavy atom. The number of aryl methyl sites for hydroxylation is 2. The summed E-state index contributed by atoms with van der Waals surface area (Å²) in [4.78, 5) is 36.6. The van der Waals surface area contributed by atoms with Crippen molar-refractivity contribution in [2.45, 2.75) is 33.2 Å². The second-order valence-electron chi connectivity index (χ2n) is 7.40. The number of nitrogens with zero attached hydrogens (tertiary/aromatic N) is 4. The van der Waals surface area contributed by atoms with E-state index in [1.165, 1.54) is 0 Å². The van der Waals surface area contributed by atoms with E-state index in [1.807, 2.05) is 42.3 Å². The van der Waals surface area contributed by atoms with Crippen LogP contribution in [0.1, 0.15) is 38.8 Å². The van der Waals surface area contributed by atoms with Crippen molar-refractivity contribution in [3.05, 3.63) is 44.8 Å². The monoisotopic (exact) mass is 444 g/mol. The quantitative estimate of drug-likeness (QED) is 0.516. The first-order chi connectivity index (χ1) is 14.5. The predicted molar refractivity (Wildman–Crippen MR) is 117 cm³/mol. The Morgan fingerprint density at radius 1 is 1.17 bits per heavy atom. The van der Waals surface area contributed by atoms with Gasteiger partial charge < -0.3 is 9.42 Å². The highest BCUT2D eigenvalue weighted by Crippen LogP contribution is 2.23. The molecule has 0 saturated carbocycles. The molecule has 1 saturated heterocycles. The summed E-state index contributed by atoms with van der Waals surface area (Å²) in [6.07, 6.45) is 0.532. The van der Waals surface area contributed by atoms with Crippen LogP contribution in [0.4, 0.5) is 0 Å². The van der Waals surface area contributed by atoms with Crippen molar-refractivity contribution < 1.29 is 14.1 Å². The minimum atomic E-state index is 0.0466. The Kier molecular flexibility index (Phi) is 6.40. The van der Waals surface area contributed by atoms with Crippen molar-refractivity contribution in [3.8, 4) is 10.7 Å². The number of piperazine rings is 1. The second kappa shape index (κ2) is 9.20. The molecule has 3 aromatic heterocycles. The Morgan fingerprint density at radius 2 is 1.97 bits per heavy atom. The normalized spacial score (nSPS) is 14.9. The van der Waals surface area contributed by atoms with Gasteiger partial charge in [0.15, 0.2) is 5.78 Å². The molecule has 0 bridgehead atoms. The maximum Gasteiger partial charge on any atom is 0.241 e. The average Bonchev–Trinajstić information content (AvgIpc) is 3.47. The van der Waals surface area contributed by atoms with Gasteiger partial charge in [-0.3, -0.25) is 14.5 Å². The molecule has 30 heavy (non-hydrogen) atoms. The van der Waals surface area contributed by atoms with E-state index in [4.69, 9.17) is 4.52 Å². The van der Waals surface area contributed by atoms with E-state index in [1.54, 1.807) is 22.7 Å². The first-order valence-electron chi connectivity index (χ1n) is 9.96. The summed E-state index contributed by atoms with van der Waals surface area (Å²) in [5.41, 5.74) is 0.761. The number of rotatable bonds is 7. The number of amides is 1. The third-order valence-corrected chi connectivity index (χ3v) is 7.03. The molecule has 1 aliphatic heterocycles. The van der Waals surface area contributed by atoms with E-state index >= 15 is 0 Å². The van der Waals surface area contributed by atoms with Crippen LogP contribution in [-0.2, 0) is 11.3 Å². The molecule has 1 aliphatic rings. The van der Waals surface area contributed by atoms with Gasteiger partial charge in [0.25, 0.3) is 0 Å². The summed E-state index contributed by atoms with van der Waals surface area (Å²) in [6, 6.07) is 5.85. The van der Waals surface area contributed by atoms with Crippen LogP contribution in [0.15, 0.2) is 28.1 Å². The van der Waals surface area contributed by atoms with Crippen LogP contribution in [0, 0.1) is 13.8 Å². The largest absolute Gasteiger partial charge is 0.340 e. The smallest absolute Gasteiger partial charge is 0.241 e. The molecule has 4 rings (SSSR count). The second-order valence-corrected chi connectivity index (χ2v) is 9.80. The number of hydrogen-bond donors (Lipinski definition) is 0. The fourth-order valence-electron chi connectivity index (χ4n) is 3.59. The van der Waals surface area contributed by atoms with Crippen LogP contribution in [0.2, 0.25) is 0 Å². The molecule has 0 unspecified atom stereocenters. The van der Waals surface area contributed by atoms with Gasteiger partial charge >= 0.3 is 0 Å². The van der Waals surface area contributed by atoms with E-state index in [0.717, 1.165) is 33.3 Å². The summed E-state index contributed by atoms with van der Waals surface area (Å²) in [5, 5.41) is 6.03. The van der Waals surface area contributed by atoms with E-state index in [2.05, 4.69) is 15.0 Å². The molecule has 0 atom stereocenters. The lowest BCUT2D eigenvalue weighted by atomic mass is 10.1. The topological polar surface area (TPSA) is 79.5 Å². The molecule has 7 nitrogen and oxygen atoms in total. The molecular formula is C21H24N4O3S2. The Bertz CT molecular complexity index is 1020. The van der Waals surface area contributed by atoms with Crippen LogP contribution in [0.3, 0.4) is 0 Å². The van der Waals surface area contributed by atoms with Gasteiger partial charge in [0.1, 0.15) is 0 Å². The van der Waals surface area contributed by atoms with E-state index < -0.39 is 0 Å². The van der Waals surface area contributed by atoms with Crippen molar-refractivity contribution >= 4 is 34.4 Å². The van der Waals surface area contributed by atoms with Gasteiger partial charge in [-0.25, -0.2) is 0 Å². The van der Waals surface area contributed by atoms with Gasteiger partial charge in [-0.2, -0.15) is 4.98 Å². The molecule has 0 spiro atoms. The van der Waals surface area contributed by atoms with E-state index in [-0.39, 0.29) is 24.5 Å². The van der Waals surface area contributed by atoms with Gasteiger partial charge in [0.2, 0.25) is 17.6 Å². The fourth-order valence-corrected chi connectivity index (χ4v) is 5.18. The number of aromatic nitrogens is 2. The van der Waals surface area contributed by atoms with Gasteiger partial charge in [-0.05, 0) is 31.4 Å². The Balaban J connectivity index is 1.23. The lowest BCUT2D eigenvalue weighted by Gasteiger charge is -2.34. The molecule has 9 heteroatoms.